The predicted octanol–water partition coefficient (Wildman–Crippen LogP) is 5.07. The first-order chi connectivity index (χ1) is 14.9. The first kappa shape index (κ1) is 21.9. The minimum Gasteiger partial charge on any atom is -0.508 e. The molecule has 9 heteroatoms. The first-order valence-electron chi connectivity index (χ1n) is 9.14. The number of alkyl halides is 3. The summed E-state index contributed by atoms with van der Waals surface area (Å²) in [7, 11) is 0. The standard InChI is InChI=1S/C22H18F3NO5/c23-22(24,25)17-6-3-15(4-7-17)14-30-26-10-9-16-5-8-18(12-19(16)28)31-21(13-27)20-2-1-11-29-20/h1-8,10-13,21,28H,9,14H2. The SMILES string of the molecule is O=CC(Oc1ccc(CC=NOCc2ccc(C(F)(F)F)cc2)c(O)c1)c1ccco1. The summed E-state index contributed by atoms with van der Waals surface area (Å²) in [6, 6.07) is 12.4. The second-order valence-electron chi connectivity index (χ2n) is 6.44. The van der Waals surface area contributed by atoms with E-state index in [2.05, 4.69) is 5.16 Å². The lowest BCUT2D eigenvalue weighted by atomic mass is 10.1. The molecule has 0 fully saturated rings. The Morgan fingerprint density at radius 2 is 1.90 bits per heavy atom. The highest BCUT2D eigenvalue weighted by atomic mass is 19.4. The van der Waals surface area contributed by atoms with Gasteiger partial charge in [-0.1, -0.05) is 23.4 Å². The zero-order chi connectivity index (χ0) is 22.3. The minimum absolute atomic E-state index is 0.00720. The summed E-state index contributed by atoms with van der Waals surface area (Å²) in [5.74, 6) is 0.567. The van der Waals surface area contributed by atoms with Crippen molar-refractivity contribution in [3.63, 3.8) is 0 Å². The molecule has 1 heterocycles. The van der Waals surface area contributed by atoms with Crippen LogP contribution in [0.15, 0.2) is 70.4 Å². The Bertz CT molecular complexity index is 1010. The lowest BCUT2D eigenvalue weighted by Gasteiger charge is -2.12. The summed E-state index contributed by atoms with van der Waals surface area (Å²) >= 11 is 0. The van der Waals surface area contributed by atoms with Crippen LogP contribution in [0, 0.1) is 0 Å². The predicted molar refractivity (Wildman–Crippen MR) is 105 cm³/mol. The lowest BCUT2D eigenvalue weighted by molar-refractivity contribution is -0.137. The molecule has 0 saturated heterocycles. The zero-order valence-electron chi connectivity index (χ0n) is 16.1. The van der Waals surface area contributed by atoms with E-state index in [-0.39, 0.29) is 24.5 Å². The number of hydrogen-bond donors (Lipinski definition) is 1. The quantitative estimate of drug-likeness (QED) is 0.290. The fraction of sp³-hybridized carbons (Fsp3) is 0.182. The van der Waals surface area contributed by atoms with Gasteiger partial charge >= 0.3 is 6.18 Å². The summed E-state index contributed by atoms with van der Waals surface area (Å²) in [5, 5.41) is 13.9. The second kappa shape index (κ2) is 9.84. The van der Waals surface area contributed by atoms with Crippen molar-refractivity contribution in [3.05, 3.63) is 83.3 Å². The van der Waals surface area contributed by atoms with Gasteiger partial charge < -0.3 is 19.1 Å². The van der Waals surface area contributed by atoms with E-state index in [1.54, 1.807) is 24.3 Å². The summed E-state index contributed by atoms with van der Waals surface area (Å²) in [4.78, 5) is 16.3. The van der Waals surface area contributed by atoms with Crippen LogP contribution < -0.4 is 4.74 Å². The molecule has 0 saturated carbocycles. The van der Waals surface area contributed by atoms with E-state index in [1.807, 2.05) is 0 Å². The third kappa shape index (κ3) is 6.11. The average Bonchev–Trinajstić information content (AvgIpc) is 3.27. The molecule has 31 heavy (non-hydrogen) atoms. The Kier molecular flexibility index (Phi) is 6.96. The zero-order valence-corrected chi connectivity index (χ0v) is 16.1. The molecule has 1 N–H and O–H groups in total. The van der Waals surface area contributed by atoms with Crippen LogP contribution in [0.3, 0.4) is 0 Å². The van der Waals surface area contributed by atoms with E-state index in [0.29, 0.717) is 23.2 Å². The number of aromatic hydroxyl groups is 1. The normalized spacial score (nSPS) is 12.6. The minimum atomic E-state index is -4.38. The number of halogens is 3. The number of nitrogens with zero attached hydrogens (tertiary/aromatic N) is 1. The van der Waals surface area contributed by atoms with Gasteiger partial charge in [-0.2, -0.15) is 13.2 Å². The molecule has 0 spiro atoms. The van der Waals surface area contributed by atoms with Crippen LogP contribution in [0.1, 0.15) is 28.6 Å². The fourth-order valence-corrected chi connectivity index (χ4v) is 2.63. The smallest absolute Gasteiger partial charge is 0.416 e. The molecule has 0 aliphatic rings. The molecule has 0 aliphatic carbocycles. The van der Waals surface area contributed by atoms with Crippen LogP contribution >= 0.6 is 0 Å². The van der Waals surface area contributed by atoms with Gasteiger partial charge in [-0.15, -0.1) is 0 Å². The van der Waals surface area contributed by atoms with Crippen LogP contribution in [0.25, 0.3) is 0 Å². The summed E-state index contributed by atoms with van der Waals surface area (Å²) < 4.78 is 48.3. The number of hydrogen-bond acceptors (Lipinski definition) is 6. The van der Waals surface area contributed by atoms with Gasteiger partial charge in [0.25, 0.3) is 0 Å². The Hall–Kier alpha value is -3.75. The van der Waals surface area contributed by atoms with Crippen LogP contribution in [0.5, 0.6) is 11.5 Å². The second-order valence-corrected chi connectivity index (χ2v) is 6.44. The van der Waals surface area contributed by atoms with Crippen molar-refractivity contribution in [2.45, 2.75) is 25.3 Å². The van der Waals surface area contributed by atoms with Crippen molar-refractivity contribution < 1.29 is 37.1 Å². The van der Waals surface area contributed by atoms with Crippen molar-refractivity contribution in [1.82, 2.24) is 0 Å². The monoisotopic (exact) mass is 433 g/mol. The summed E-state index contributed by atoms with van der Waals surface area (Å²) in [6.45, 7) is 0.00720. The summed E-state index contributed by atoms with van der Waals surface area (Å²) in [6.07, 6.45) is -1.64. The number of phenolic OH excluding ortho intramolecular Hbond substituents is 1. The number of rotatable bonds is 9. The van der Waals surface area contributed by atoms with Crippen molar-refractivity contribution in [3.8, 4) is 11.5 Å². The molecule has 0 radical (unpaired) electrons. The van der Waals surface area contributed by atoms with E-state index in [1.165, 1.54) is 30.7 Å². The molecular weight excluding hydrogens is 415 g/mol. The number of aldehydes is 1. The fourth-order valence-electron chi connectivity index (χ4n) is 2.63. The van der Waals surface area contributed by atoms with Crippen molar-refractivity contribution >= 4 is 12.5 Å². The van der Waals surface area contributed by atoms with Crippen LogP contribution in [-0.2, 0) is 28.8 Å². The Balaban J connectivity index is 1.50. The van der Waals surface area contributed by atoms with Gasteiger partial charge in [-0.25, -0.2) is 0 Å². The van der Waals surface area contributed by atoms with E-state index >= 15 is 0 Å². The number of phenols is 1. The molecular formula is C22H18F3NO5. The Morgan fingerprint density at radius 3 is 2.52 bits per heavy atom. The Labute approximate surface area is 175 Å². The van der Waals surface area contributed by atoms with Gasteiger partial charge in [-0.3, -0.25) is 4.79 Å². The van der Waals surface area contributed by atoms with Crippen molar-refractivity contribution in [2.75, 3.05) is 0 Å². The van der Waals surface area contributed by atoms with E-state index in [4.69, 9.17) is 14.0 Å². The van der Waals surface area contributed by atoms with Crippen molar-refractivity contribution in [1.29, 1.82) is 0 Å². The molecule has 3 rings (SSSR count). The molecule has 1 aromatic heterocycles. The van der Waals surface area contributed by atoms with Crippen LogP contribution in [0.2, 0.25) is 0 Å². The van der Waals surface area contributed by atoms with E-state index < -0.39 is 17.8 Å². The van der Waals surface area contributed by atoms with Gasteiger partial charge in [0.15, 0.2) is 12.0 Å². The number of benzene rings is 2. The largest absolute Gasteiger partial charge is 0.508 e. The molecule has 1 unspecified atom stereocenters. The van der Waals surface area contributed by atoms with Gasteiger partial charge in [-0.05, 0) is 41.5 Å². The van der Waals surface area contributed by atoms with Gasteiger partial charge in [0.1, 0.15) is 18.1 Å². The third-order valence-electron chi connectivity index (χ3n) is 4.24. The van der Waals surface area contributed by atoms with E-state index in [0.717, 1.165) is 12.1 Å². The number of carbonyl (C=O) groups is 1. The van der Waals surface area contributed by atoms with Crippen molar-refractivity contribution in [2.24, 2.45) is 5.16 Å². The number of carbonyl (C=O) groups excluding carboxylic acids is 1. The van der Waals surface area contributed by atoms with Crippen LogP contribution in [0.4, 0.5) is 13.2 Å². The molecule has 6 nitrogen and oxygen atoms in total. The third-order valence-corrected chi connectivity index (χ3v) is 4.24. The van der Waals surface area contributed by atoms with Crippen LogP contribution in [-0.4, -0.2) is 17.6 Å². The maximum Gasteiger partial charge on any atom is 0.416 e. The number of furan rings is 1. The molecule has 0 aliphatic heterocycles. The molecule has 0 amide bonds. The Morgan fingerprint density at radius 1 is 1.13 bits per heavy atom. The maximum absolute atomic E-state index is 12.5. The van der Waals surface area contributed by atoms with Gasteiger partial charge in [0, 0.05) is 18.7 Å². The highest BCUT2D eigenvalue weighted by molar-refractivity contribution is 5.63. The topological polar surface area (TPSA) is 81.3 Å². The average molecular weight is 433 g/mol. The number of oxime groups is 1. The van der Waals surface area contributed by atoms with Gasteiger partial charge in [0.05, 0.1) is 11.8 Å². The highest BCUT2D eigenvalue weighted by Crippen LogP contribution is 2.29. The molecule has 1 atom stereocenters. The molecule has 162 valence electrons. The maximum atomic E-state index is 12.5. The highest BCUT2D eigenvalue weighted by Gasteiger charge is 2.29. The molecule has 0 bridgehead atoms. The molecule has 2 aromatic carbocycles. The van der Waals surface area contributed by atoms with E-state index in [9.17, 15) is 23.1 Å². The molecule has 3 aromatic rings. The van der Waals surface area contributed by atoms with Gasteiger partial charge in [0.2, 0.25) is 6.10 Å². The lowest BCUT2D eigenvalue weighted by Crippen LogP contribution is -2.07. The summed E-state index contributed by atoms with van der Waals surface area (Å²) in [5.41, 5.74) is 0.344. The number of ether oxygens (including phenoxy) is 1. The first-order valence-corrected chi connectivity index (χ1v) is 9.14.